The summed E-state index contributed by atoms with van der Waals surface area (Å²) >= 11 is 1.20. The van der Waals surface area contributed by atoms with Crippen LogP contribution in [0.3, 0.4) is 0 Å². The highest BCUT2D eigenvalue weighted by atomic mass is 32.2. The summed E-state index contributed by atoms with van der Waals surface area (Å²) in [5.74, 6) is -2.71. The van der Waals surface area contributed by atoms with Crippen LogP contribution in [0.4, 0.5) is 5.69 Å². The van der Waals surface area contributed by atoms with E-state index in [1.165, 1.54) is 30.0 Å². The Morgan fingerprint density at radius 1 is 1.00 bits per heavy atom. The number of rotatable bonds is 11. The van der Waals surface area contributed by atoms with Gasteiger partial charge >= 0.3 is 17.9 Å². The van der Waals surface area contributed by atoms with Crippen LogP contribution in [0, 0.1) is 10.1 Å². The maximum Gasteiger partial charge on any atom is 0.336 e. The van der Waals surface area contributed by atoms with Crippen LogP contribution in [0.5, 0.6) is 0 Å². The third-order valence-electron chi connectivity index (χ3n) is 4.85. The van der Waals surface area contributed by atoms with Crippen molar-refractivity contribution in [1.82, 2.24) is 5.32 Å². The third-order valence-corrected chi connectivity index (χ3v) is 5.78. The Balaban J connectivity index is 2.67. The molecule has 2 rings (SSSR count). The minimum absolute atomic E-state index is 0.0404. The summed E-state index contributed by atoms with van der Waals surface area (Å²) in [4.78, 5) is 49.1. The molecule has 0 radical (unpaired) electrons. The first-order chi connectivity index (χ1) is 16.3. The second-order valence-corrected chi connectivity index (χ2v) is 8.03. The van der Waals surface area contributed by atoms with Crippen molar-refractivity contribution in [1.29, 1.82) is 0 Å². The van der Waals surface area contributed by atoms with Crippen LogP contribution in [0.15, 0.2) is 46.8 Å². The minimum atomic E-state index is -1.10. The van der Waals surface area contributed by atoms with E-state index in [4.69, 9.17) is 14.2 Å². The van der Waals surface area contributed by atoms with Crippen LogP contribution in [-0.4, -0.2) is 54.2 Å². The maximum absolute atomic E-state index is 13.1. The number of ether oxygens (including phenoxy) is 3. The molecule has 11 heteroatoms. The van der Waals surface area contributed by atoms with Gasteiger partial charge in [-0.05, 0) is 27.7 Å². The van der Waals surface area contributed by atoms with E-state index in [0.29, 0.717) is 11.4 Å². The molecule has 1 heterocycles. The molecule has 1 aliphatic rings. The lowest BCUT2D eigenvalue weighted by molar-refractivity contribution is -0.385. The number of carbonyl (C=O) groups excluding carboxylic acids is 3. The fourth-order valence-corrected chi connectivity index (χ4v) is 4.37. The fourth-order valence-electron chi connectivity index (χ4n) is 3.59. The maximum atomic E-state index is 13.1. The summed E-state index contributed by atoms with van der Waals surface area (Å²) in [6.45, 7) is 7.01. The van der Waals surface area contributed by atoms with Gasteiger partial charge < -0.3 is 19.5 Å². The number of allylic oxidation sites excluding steroid dienone is 1. The van der Waals surface area contributed by atoms with E-state index in [2.05, 4.69) is 5.32 Å². The van der Waals surface area contributed by atoms with Crippen molar-refractivity contribution < 1.29 is 33.5 Å². The quantitative estimate of drug-likeness (QED) is 0.212. The molecule has 1 unspecified atom stereocenters. The van der Waals surface area contributed by atoms with Crippen LogP contribution in [0.25, 0.3) is 0 Å². The molecule has 1 atom stereocenters. The smallest absolute Gasteiger partial charge is 0.336 e. The van der Waals surface area contributed by atoms with Gasteiger partial charge in [-0.1, -0.05) is 18.2 Å². The average Bonchev–Trinajstić information content (AvgIpc) is 2.79. The molecule has 1 aliphatic heterocycles. The normalized spacial score (nSPS) is 15.5. The molecule has 184 valence electrons. The van der Waals surface area contributed by atoms with Crippen molar-refractivity contribution in [3.63, 3.8) is 0 Å². The first-order valence-corrected chi connectivity index (χ1v) is 11.9. The van der Waals surface area contributed by atoms with Gasteiger partial charge in [0.1, 0.15) is 0 Å². The number of nitrogens with one attached hydrogen (secondary N) is 1. The first kappa shape index (κ1) is 26.9. The molecule has 0 bridgehead atoms. The van der Waals surface area contributed by atoms with Crippen molar-refractivity contribution >= 4 is 35.4 Å². The number of carbonyl (C=O) groups is 3. The minimum Gasteiger partial charge on any atom is -0.465 e. The van der Waals surface area contributed by atoms with Crippen LogP contribution < -0.4 is 5.32 Å². The number of thioether (sulfide) groups is 1. The van der Waals surface area contributed by atoms with Gasteiger partial charge in [0, 0.05) is 28.8 Å². The Hall–Kier alpha value is -3.34. The molecule has 34 heavy (non-hydrogen) atoms. The largest absolute Gasteiger partial charge is 0.465 e. The van der Waals surface area contributed by atoms with Gasteiger partial charge in [0.15, 0.2) is 0 Å². The molecule has 0 aliphatic carbocycles. The summed E-state index contributed by atoms with van der Waals surface area (Å²) in [6.07, 6.45) is 0. The first-order valence-electron chi connectivity index (χ1n) is 10.8. The Morgan fingerprint density at radius 2 is 1.59 bits per heavy atom. The van der Waals surface area contributed by atoms with Gasteiger partial charge in [0.25, 0.3) is 5.69 Å². The van der Waals surface area contributed by atoms with E-state index in [1.807, 2.05) is 0 Å². The number of dihydropyridines is 1. The van der Waals surface area contributed by atoms with Crippen molar-refractivity contribution in [3.05, 3.63) is 62.5 Å². The highest BCUT2D eigenvalue weighted by molar-refractivity contribution is 8.00. The van der Waals surface area contributed by atoms with E-state index in [0.717, 1.165) is 0 Å². The van der Waals surface area contributed by atoms with Gasteiger partial charge in [-0.3, -0.25) is 14.9 Å². The number of nitrogens with zero attached hydrogens (tertiary/aromatic N) is 1. The van der Waals surface area contributed by atoms with Crippen LogP contribution in [-0.2, 0) is 28.6 Å². The van der Waals surface area contributed by atoms with Crippen LogP contribution in [0.2, 0.25) is 0 Å². The van der Waals surface area contributed by atoms with Crippen LogP contribution >= 0.6 is 11.8 Å². The number of hydrogen-bond donors (Lipinski definition) is 1. The van der Waals surface area contributed by atoms with E-state index in [-0.39, 0.29) is 53.7 Å². The van der Waals surface area contributed by atoms with E-state index in [1.54, 1.807) is 33.8 Å². The molecule has 0 saturated carbocycles. The van der Waals surface area contributed by atoms with Crippen molar-refractivity contribution in [2.24, 2.45) is 0 Å². The molecular weight excluding hydrogens is 464 g/mol. The highest BCUT2D eigenvalue weighted by Gasteiger charge is 2.41. The number of nitro groups is 1. The Morgan fingerprint density at radius 3 is 2.18 bits per heavy atom. The average molecular weight is 493 g/mol. The molecule has 0 spiro atoms. The lowest BCUT2D eigenvalue weighted by atomic mass is 9.79. The molecule has 0 saturated heterocycles. The molecule has 10 nitrogen and oxygen atoms in total. The van der Waals surface area contributed by atoms with Gasteiger partial charge in [-0.25, -0.2) is 9.59 Å². The third kappa shape index (κ3) is 6.37. The molecule has 0 amide bonds. The van der Waals surface area contributed by atoms with Crippen molar-refractivity contribution in [3.8, 4) is 0 Å². The van der Waals surface area contributed by atoms with Gasteiger partial charge in [-0.2, -0.15) is 0 Å². The van der Waals surface area contributed by atoms with Gasteiger partial charge in [0.2, 0.25) is 0 Å². The number of esters is 3. The van der Waals surface area contributed by atoms with E-state index < -0.39 is 28.7 Å². The Bertz CT molecular complexity index is 1020. The number of benzene rings is 1. The Kier molecular flexibility index (Phi) is 10.1. The summed E-state index contributed by atoms with van der Waals surface area (Å²) in [6, 6.07) is 5.92. The van der Waals surface area contributed by atoms with Crippen LogP contribution in [0.1, 0.15) is 39.2 Å². The topological polar surface area (TPSA) is 134 Å². The standard InChI is InChI=1S/C23H28N2O8S/c1-5-31-18(26)13-34-12-16-21(23(28)33-7-3)20(15-10-8-9-11-17(15)25(29)30)19(14(4)24-16)22(27)32-6-2/h8-11,20,24H,5-7,12-13H2,1-4H3. The molecule has 1 N–H and O–H groups in total. The second kappa shape index (κ2) is 12.8. The fraction of sp³-hybridized carbons (Fsp3) is 0.435. The lowest BCUT2D eigenvalue weighted by Crippen LogP contribution is -2.34. The lowest BCUT2D eigenvalue weighted by Gasteiger charge is -2.31. The zero-order chi connectivity index (χ0) is 25.3. The Labute approximate surface area is 201 Å². The summed E-state index contributed by atoms with van der Waals surface area (Å²) in [7, 11) is 0. The summed E-state index contributed by atoms with van der Waals surface area (Å²) in [5, 5.41) is 14.9. The molecule has 0 aromatic heterocycles. The van der Waals surface area contributed by atoms with Gasteiger partial charge in [-0.15, -0.1) is 11.8 Å². The monoisotopic (exact) mass is 492 g/mol. The molecular formula is C23H28N2O8S. The predicted octanol–water partition coefficient (Wildman–Crippen LogP) is 3.23. The summed E-state index contributed by atoms with van der Waals surface area (Å²) in [5.41, 5.74) is 0.832. The van der Waals surface area contributed by atoms with Gasteiger partial charge in [0.05, 0.1) is 47.6 Å². The van der Waals surface area contributed by atoms with Crippen molar-refractivity contribution in [2.75, 3.05) is 31.3 Å². The zero-order valence-corrected chi connectivity index (χ0v) is 20.4. The summed E-state index contributed by atoms with van der Waals surface area (Å²) < 4.78 is 15.4. The SMILES string of the molecule is CCOC(=O)CSCC1=C(C(=O)OCC)C(c2ccccc2[N+](=O)[O-])C(C(=O)OCC)=C(C)N1. The number of hydrogen-bond acceptors (Lipinski definition) is 10. The zero-order valence-electron chi connectivity index (χ0n) is 19.5. The molecule has 1 aromatic rings. The predicted molar refractivity (Wildman–Crippen MR) is 126 cm³/mol. The van der Waals surface area contributed by atoms with Crippen molar-refractivity contribution in [2.45, 2.75) is 33.6 Å². The molecule has 1 aromatic carbocycles. The highest BCUT2D eigenvalue weighted by Crippen LogP contribution is 2.43. The molecule has 0 fully saturated rings. The van der Waals surface area contributed by atoms with E-state index in [9.17, 15) is 24.5 Å². The number of para-hydroxylation sites is 1. The number of nitro benzene ring substituents is 1. The van der Waals surface area contributed by atoms with E-state index >= 15 is 0 Å². The second-order valence-electron chi connectivity index (χ2n) is 7.04.